The number of fused-ring (bicyclic) bond motifs is 4. The number of hydrogen-bond acceptors (Lipinski definition) is 6. The Balaban J connectivity index is 1.71. The van der Waals surface area contributed by atoms with Crippen molar-refractivity contribution in [3.8, 4) is 0 Å². The van der Waals surface area contributed by atoms with Gasteiger partial charge >= 0.3 is 0 Å². The van der Waals surface area contributed by atoms with Gasteiger partial charge in [-0.25, -0.2) is 9.97 Å². The zero-order valence-corrected chi connectivity index (χ0v) is 16.1. The van der Waals surface area contributed by atoms with Crippen LogP contribution in [0.2, 0.25) is 0 Å². The van der Waals surface area contributed by atoms with Crippen LogP contribution >= 0.6 is 23.1 Å². The summed E-state index contributed by atoms with van der Waals surface area (Å²) < 4.78 is 0. The zero-order chi connectivity index (χ0) is 17.5. The minimum Gasteiger partial charge on any atom is -0.338 e. The zero-order valence-electron chi connectivity index (χ0n) is 14.5. The molecule has 1 aromatic carbocycles. The molecule has 1 N–H and O–H groups in total. The summed E-state index contributed by atoms with van der Waals surface area (Å²) in [5.74, 6) is 0.914. The number of aryl methyl sites for hydroxylation is 2. The SMILES string of the molecule is CSc1nc(Nc2cccc3cccnc23)c2c3c(sc2n1)CCCC3. The number of nitrogens with zero attached hydrogens (tertiary/aromatic N) is 3. The van der Waals surface area contributed by atoms with E-state index in [4.69, 9.17) is 9.97 Å². The predicted octanol–water partition coefficient (Wildman–Crippen LogP) is 5.58. The molecule has 5 rings (SSSR count). The van der Waals surface area contributed by atoms with Crippen LogP contribution in [0.5, 0.6) is 0 Å². The Bertz CT molecular complexity index is 1110. The second kappa shape index (κ2) is 6.52. The van der Waals surface area contributed by atoms with Crippen molar-refractivity contribution in [2.45, 2.75) is 30.8 Å². The third-order valence-corrected chi connectivity index (χ3v) is 6.60. The van der Waals surface area contributed by atoms with Crippen LogP contribution in [0.15, 0.2) is 41.7 Å². The van der Waals surface area contributed by atoms with Crippen LogP contribution in [0.1, 0.15) is 23.3 Å². The quantitative estimate of drug-likeness (QED) is 0.372. The number of aromatic nitrogens is 3. The monoisotopic (exact) mass is 378 g/mol. The fourth-order valence-electron chi connectivity index (χ4n) is 3.65. The second-order valence-corrected chi connectivity index (χ2v) is 8.31. The Morgan fingerprint density at radius 3 is 2.88 bits per heavy atom. The summed E-state index contributed by atoms with van der Waals surface area (Å²) in [7, 11) is 0. The van der Waals surface area contributed by atoms with E-state index in [1.807, 2.05) is 29.9 Å². The number of anilines is 2. The summed E-state index contributed by atoms with van der Waals surface area (Å²) in [6.07, 6.45) is 8.68. The number of rotatable bonds is 3. The van der Waals surface area contributed by atoms with Gasteiger partial charge in [-0.2, -0.15) is 0 Å². The van der Waals surface area contributed by atoms with Gasteiger partial charge in [0.2, 0.25) is 0 Å². The molecule has 4 nitrogen and oxygen atoms in total. The standard InChI is InChI=1S/C20H18N4S2/c1-25-20-23-18(16-13-8-2-3-10-15(13)26-19(16)24-20)22-14-9-4-6-12-7-5-11-21-17(12)14/h4-7,9,11H,2-3,8,10H2,1H3,(H,22,23,24). The molecule has 0 bridgehead atoms. The fraction of sp³-hybridized carbons (Fsp3) is 0.250. The van der Waals surface area contributed by atoms with Crippen LogP contribution < -0.4 is 5.32 Å². The Morgan fingerprint density at radius 1 is 1.08 bits per heavy atom. The molecule has 3 heterocycles. The number of hydrogen-bond donors (Lipinski definition) is 1. The molecule has 0 unspecified atom stereocenters. The van der Waals surface area contributed by atoms with Crippen LogP contribution in [-0.2, 0) is 12.8 Å². The van der Waals surface area contributed by atoms with Crippen LogP contribution in [0.25, 0.3) is 21.1 Å². The van der Waals surface area contributed by atoms with Crippen molar-refractivity contribution in [3.63, 3.8) is 0 Å². The van der Waals surface area contributed by atoms with E-state index in [0.717, 1.165) is 38.8 Å². The van der Waals surface area contributed by atoms with Crippen molar-refractivity contribution in [1.29, 1.82) is 0 Å². The average Bonchev–Trinajstić information content (AvgIpc) is 3.07. The lowest BCUT2D eigenvalue weighted by atomic mass is 9.97. The van der Waals surface area contributed by atoms with Gasteiger partial charge in [0.1, 0.15) is 10.6 Å². The van der Waals surface area contributed by atoms with Crippen molar-refractivity contribution >= 4 is 55.7 Å². The maximum absolute atomic E-state index is 4.82. The van der Waals surface area contributed by atoms with E-state index >= 15 is 0 Å². The highest BCUT2D eigenvalue weighted by Gasteiger charge is 2.21. The van der Waals surface area contributed by atoms with Gasteiger partial charge in [0.25, 0.3) is 0 Å². The highest BCUT2D eigenvalue weighted by molar-refractivity contribution is 7.98. The van der Waals surface area contributed by atoms with Gasteiger partial charge in [-0.1, -0.05) is 30.0 Å². The largest absolute Gasteiger partial charge is 0.338 e. The second-order valence-electron chi connectivity index (χ2n) is 6.46. The molecule has 0 saturated carbocycles. The van der Waals surface area contributed by atoms with Crippen LogP contribution in [0.4, 0.5) is 11.5 Å². The van der Waals surface area contributed by atoms with Crippen LogP contribution in [0, 0.1) is 0 Å². The van der Waals surface area contributed by atoms with Crippen molar-refractivity contribution in [1.82, 2.24) is 15.0 Å². The summed E-state index contributed by atoms with van der Waals surface area (Å²) in [5.41, 5.74) is 3.40. The number of thiophene rings is 1. The number of pyridine rings is 1. The van der Waals surface area contributed by atoms with Gasteiger partial charge in [0.05, 0.1) is 16.6 Å². The van der Waals surface area contributed by atoms with E-state index in [0.29, 0.717) is 0 Å². The van der Waals surface area contributed by atoms with E-state index in [1.54, 1.807) is 11.8 Å². The van der Waals surface area contributed by atoms with Gasteiger partial charge in [-0.15, -0.1) is 11.3 Å². The molecule has 0 aliphatic heterocycles. The maximum Gasteiger partial charge on any atom is 0.190 e. The molecule has 1 aliphatic carbocycles. The first-order valence-corrected chi connectivity index (χ1v) is 10.8. The average molecular weight is 379 g/mol. The highest BCUT2D eigenvalue weighted by atomic mass is 32.2. The molecule has 0 atom stereocenters. The normalized spacial score (nSPS) is 13.9. The molecule has 0 saturated heterocycles. The Kier molecular flexibility index (Phi) is 4.02. The van der Waals surface area contributed by atoms with Gasteiger partial charge in [-0.05, 0) is 49.6 Å². The van der Waals surface area contributed by atoms with E-state index in [9.17, 15) is 0 Å². The molecule has 0 radical (unpaired) electrons. The van der Waals surface area contributed by atoms with Crippen molar-refractivity contribution < 1.29 is 0 Å². The van der Waals surface area contributed by atoms with E-state index in [-0.39, 0.29) is 0 Å². The third-order valence-electron chi connectivity index (χ3n) is 4.86. The lowest BCUT2D eigenvalue weighted by Gasteiger charge is -2.14. The van der Waals surface area contributed by atoms with Crippen molar-refractivity contribution in [2.75, 3.05) is 11.6 Å². The molecule has 0 fully saturated rings. The molecular weight excluding hydrogens is 360 g/mol. The molecule has 0 amide bonds. The lowest BCUT2D eigenvalue weighted by Crippen LogP contribution is -2.02. The molecular formula is C20H18N4S2. The minimum atomic E-state index is 0.812. The smallest absolute Gasteiger partial charge is 0.190 e. The van der Waals surface area contributed by atoms with Crippen molar-refractivity contribution in [2.24, 2.45) is 0 Å². The summed E-state index contributed by atoms with van der Waals surface area (Å²) in [6.45, 7) is 0. The molecule has 1 aliphatic rings. The molecule has 0 spiro atoms. The molecule has 3 aromatic heterocycles. The number of para-hydroxylation sites is 1. The van der Waals surface area contributed by atoms with Gasteiger partial charge in [-0.3, -0.25) is 4.98 Å². The van der Waals surface area contributed by atoms with Crippen molar-refractivity contribution in [3.05, 3.63) is 47.0 Å². The van der Waals surface area contributed by atoms with E-state index < -0.39 is 0 Å². The van der Waals surface area contributed by atoms with Gasteiger partial charge < -0.3 is 5.32 Å². The molecule has 6 heteroatoms. The first kappa shape index (κ1) is 16.0. The summed E-state index contributed by atoms with van der Waals surface area (Å²) in [5, 5.41) is 6.72. The molecule has 130 valence electrons. The maximum atomic E-state index is 4.82. The van der Waals surface area contributed by atoms with Gasteiger partial charge in [0.15, 0.2) is 5.16 Å². The Labute approximate surface area is 160 Å². The fourth-order valence-corrected chi connectivity index (χ4v) is 5.34. The van der Waals surface area contributed by atoms with Crippen LogP contribution in [0.3, 0.4) is 0 Å². The first-order valence-electron chi connectivity index (χ1n) is 8.80. The highest BCUT2D eigenvalue weighted by Crippen LogP contribution is 2.40. The Morgan fingerprint density at radius 2 is 1.96 bits per heavy atom. The first-order chi connectivity index (χ1) is 12.8. The Hall–Kier alpha value is -2.18. The minimum absolute atomic E-state index is 0.812. The van der Waals surface area contributed by atoms with Gasteiger partial charge in [0, 0.05) is 16.5 Å². The number of thioether (sulfide) groups is 1. The lowest BCUT2D eigenvalue weighted by molar-refractivity contribution is 0.700. The summed E-state index contributed by atoms with van der Waals surface area (Å²) in [6, 6.07) is 10.3. The van der Waals surface area contributed by atoms with E-state index in [1.165, 1.54) is 35.1 Å². The summed E-state index contributed by atoms with van der Waals surface area (Å²) in [4.78, 5) is 16.8. The third kappa shape index (κ3) is 2.64. The van der Waals surface area contributed by atoms with E-state index in [2.05, 4.69) is 34.6 Å². The topological polar surface area (TPSA) is 50.7 Å². The predicted molar refractivity (Wildman–Crippen MR) is 111 cm³/mol. The van der Waals surface area contributed by atoms with Crippen LogP contribution in [-0.4, -0.2) is 21.2 Å². The number of benzene rings is 1. The summed E-state index contributed by atoms with van der Waals surface area (Å²) >= 11 is 3.42. The molecule has 4 aromatic rings. The molecule has 26 heavy (non-hydrogen) atoms. The number of nitrogens with one attached hydrogen (secondary N) is 1.